The van der Waals surface area contributed by atoms with Crippen molar-refractivity contribution in [2.24, 2.45) is 11.7 Å². The maximum Gasteiger partial charge on any atom is 0.251 e. The minimum Gasteiger partial charge on any atom is -0.382 e. The highest BCUT2D eigenvalue weighted by Gasteiger charge is 2.20. The zero-order valence-corrected chi connectivity index (χ0v) is 15.3. The van der Waals surface area contributed by atoms with Crippen LogP contribution in [-0.4, -0.2) is 51.6 Å². The standard InChI is InChI=1S/C17H25ClN2O5/c1-12(16(19)21)9-15(10-25-11-24-8-7-23-2)20-17(22)13-3-5-14(18)6-4-13/h3-6,12,15H,7-11H2,1-2H3,(H2,19,21)(H,20,22)/t12?,15-/m0/s1. The highest BCUT2D eigenvalue weighted by atomic mass is 35.5. The van der Waals surface area contributed by atoms with Crippen LogP contribution >= 0.6 is 11.6 Å². The van der Waals surface area contributed by atoms with Crippen LogP contribution in [0.1, 0.15) is 23.7 Å². The predicted octanol–water partition coefficient (Wildman–Crippen LogP) is 1.59. The first kappa shape index (κ1) is 21.4. The van der Waals surface area contributed by atoms with E-state index in [9.17, 15) is 9.59 Å². The lowest BCUT2D eigenvalue weighted by atomic mass is 10.0. The van der Waals surface area contributed by atoms with Gasteiger partial charge >= 0.3 is 0 Å². The van der Waals surface area contributed by atoms with E-state index in [0.717, 1.165) is 0 Å². The lowest BCUT2D eigenvalue weighted by molar-refractivity contribution is -0.122. The van der Waals surface area contributed by atoms with E-state index in [1.54, 1.807) is 38.3 Å². The van der Waals surface area contributed by atoms with Crippen molar-refractivity contribution in [3.8, 4) is 0 Å². The quantitative estimate of drug-likeness (QED) is 0.428. The number of carbonyl (C=O) groups excluding carboxylic acids is 2. The molecule has 1 unspecified atom stereocenters. The van der Waals surface area contributed by atoms with Gasteiger partial charge in [0, 0.05) is 23.6 Å². The lowest BCUT2D eigenvalue weighted by Gasteiger charge is -2.21. The minimum absolute atomic E-state index is 0.0711. The molecular formula is C17H25ClN2O5. The van der Waals surface area contributed by atoms with Crippen molar-refractivity contribution >= 4 is 23.4 Å². The molecule has 0 saturated heterocycles. The molecule has 0 fully saturated rings. The van der Waals surface area contributed by atoms with Crippen molar-refractivity contribution in [1.82, 2.24) is 5.32 Å². The molecule has 2 atom stereocenters. The molecule has 0 bridgehead atoms. The minimum atomic E-state index is -0.429. The molecule has 0 aliphatic rings. The third-order valence-corrected chi connectivity index (χ3v) is 3.73. The van der Waals surface area contributed by atoms with Gasteiger partial charge in [-0.3, -0.25) is 9.59 Å². The van der Waals surface area contributed by atoms with Crippen LogP contribution < -0.4 is 11.1 Å². The molecule has 0 radical (unpaired) electrons. The molecule has 7 nitrogen and oxygen atoms in total. The maximum atomic E-state index is 12.3. The zero-order valence-electron chi connectivity index (χ0n) is 14.5. The van der Waals surface area contributed by atoms with E-state index in [1.807, 2.05) is 0 Å². The van der Waals surface area contributed by atoms with E-state index in [-0.39, 0.29) is 25.3 Å². The number of halogens is 1. The van der Waals surface area contributed by atoms with E-state index >= 15 is 0 Å². The number of benzene rings is 1. The van der Waals surface area contributed by atoms with Gasteiger partial charge in [0.05, 0.1) is 25.9 Å². The topological polar surface area (TPSA) is 99.9 Å². The van der Waals surface area contributed by atoms with Gasteiger partial charge in [-0.05, 0) is 30.7 Å². The highest BCUT2D eigenvalue weighted by molar-refractivity contribution is 6.30. The molecule has 3 N–H and O–H groups in total. The number of methoxy groups -OCH3 is 1. The van der Waals surface area contributed by atoms with E-state index in [0.29, 0.717) is 30.2 Å². The number of nitrogens with two attached hydrogens (primary N) is 1. The number of nitrogens with one attached hydrogen (secondary N) is 1. The Balaban J connectivity index is 2.55. The lowest BCUT2D eigenvalue weighted by Crippen LogP contribution is -2.41. The average Bonchev–Trinajstić information content (AvgIpc) is 2.58. The SMILES string of the molecule is COCCOCOC[C@H](CC(C)C(N)=O)NC(=O)c1ccc(Cl)cc1. The molecule has 1 aromatic carbocycles. The fourth-order valence-electron chi connectivity index (χ4n) is 2.03. The Morgan fingerprint density at radius 3 is 2.48 bits per heavy atom. The third kappa shape index (κ3) is 8.83. The van der Waals surface area contributed by atoms with Gasteiger partial charge in [0.15, 0.2) is 0 Å². The van der Waals surface area contributed by atoms with Gasteiger partial charge in [-0.15, -0.1) is 0 Å². The van der Waals surface area contributed by atoms with Crippen LogP contribution in [0.4, 0.5) is 0 Å². The van der Waals surface area contributed by atoms with Gasteiger partial charge in [-0.25, -0.2) is 0 Å². The van der Waals surface area contributed by atoms with Gasteiger partial charge in [0.2, 0.25) is 5.91 Å². The normalized spacial score (nSPS) is 13.2. The monoisotopic (exact) mass is 372 g/mol. The van der Waals surface area contributed by atoms with Gasteiger partial charge in [0.1, 0.15) is 6.79 Å². The summed E-state index contributed by atoms with van der Waals surface area (Å²) in [5.74, 6) is -1.10. The van der Waals surface area contributed by atoms with E-state index in [2.05, 4.69) is 5.32 Å². The summed E-state index contributed by atoms with van der Waals surface area (Å²) in [6.45, 7) is 2.86. The van der Waals surface area contributed by atoms with E-state index in [1.165, 1.54) is 0 Å². The summed E-state index contributed by atoms with van der Waals surface area (Å²) in [5.41, 5.74) is 5.78. The second-order valence-corrected chi connectivity index (χ2v) is 6.04. The van der Waals surface area contributed by atoms with Gasteiger partial charge < -0.3 is 25.3 Å². The molecular weight excluding hydrogens is 348 g/mol. The summed E-state index contributed by atoms with van der Waals surface area (Å²) in [4.78, 5) is 23.6. The number of rotatable bonds is 12. The van der Waals surface area contributed by atoms with Crippen LogP contribution in [0, 0.1) is 5.92 Å². The number of primary amides is 1. The molecule has 0 spiro atoms. The summed E-state index contributed by atoms with van der Waals surface area (Å²) in [6.07, 6.45) is 0.368. The first-order valence-corrected chi connectivity index (χ1v) is 8.32. The van der Waals surface area contributed by atoms with E-state index in [4.69, 9.17) is 31.5 Å². The maximum absolute atomic E-state index is 12.3. The Labute approximate surface area is 152 Å². The molecule has 8 heteroatoms. The fraction of sp³-hybridized carbons (Fsp3) is 0.529. The molecule has 0 heterocycles. The van der Waals surface area contributed by atoms with Crippen LogP contribution in [0.3, 0.4) is 0 Å². The summed E-state index contributed by atoms with van der Waals surface area (Å²) in [6, 6.07) is 6.15. The molecule has 0 aliphatic carbocycles. The number of amides is 2. The summed E-state index contributed by atoms with van der Waals surface area (Å²) >= 11 is 5.82. The van der Waals surface area contributed by atoms with Crippen molar-refractivity contribution in [1.29, 1.82) is 0 Å². The number of ether oxygens (including phenoxy) is 3. The summed E-state index contributed by atoms with van der Waals surface area (Å²) in [5, 5.41) is 3.39. The largest absolute Gasteiger partial charge is 0.382 e. The van der Waals surface area contributed by atoms with Crippen LogP contribution in [0.25, 0.3) is 0 Å². The smallest absolute Gasteiger partial charge is 0.251 e. The number of hydrogen-bond donors (Lipinski definition) is 2. The molecule has 0 saturated carbocycles. The number of carbonyl (C=O) groups is 2. The molecule has 2 amide bonds. The van der Waals surface area contributed by atoms with Crippen LogP contribution in [0.15, 0.2) is 24.3 Å². The predicted molar refractivity (Wildman–Crippen MR) is 94.3 cm³/mol. The second kappa shape index (κ2) is 11.8. The number of hydrogen-bond acceptors (Lipinski definition) is 5. The first-order valence-electron chi connectivity index (χ1n) is 7.94. The molecule has 140 valence electrons. The van der Waals surface area contributed by atoms with Gasteiger partial charge in [-0.1, -0.05) is 18.5 Å². The van der Waals surface area contributed by atoms with Crippen molar-refractivity contribution in [3.63, 3.8) is 0 Å². The Hall–Kier alpha value is -1.67. The molecule has 1 rings (SSSR count). The van der Waals surface area contributed by atoms with Gasteiger partial charge in [-0.2, -0.15) is 0 Å². The van der Waals surface area contributed by atoms with E-state index < -0.39 is 11.8 Å². The van der Waals surface area contributed by atoms with Crippen molar-refractivity contribution in [2.75, 3.05) is 33.7 Å². The third-order valence-electron chi connectivity index (χ3n) is 3.48. The van der Waals surface area contributed by atoms with Crippen LogP contribution in [-0.2, 0) is 19.0 Å². The second-order valence-electron chi connectivity index (χ2n) is 5.61. The molecule has 25 heavy (non-hydrogen) atoms. The van der Waals surface area contributed by atoms with Crippen molar-refractivity contribution in [2.45, 2.75) is 19.4 Å². The summed E-state index contributed by atoms with van der Waals surface area (Å²) < 4.78 is 15.5. The Kier molecular flexibility index (Phi) is 10.1. The summed E-state index contributed by atoms with van der Waals surface area (Å²) in [7, 11) is 1.58. The molecule has 0 aliphatic heterocycles. The Morgan fingerprint density at radius 1 is 1.20 bits per heavy atom. The van der Waals surface area contributed by atoms with Gasteiger partial charge in [0.25, 0.3) is 5.91 Å². The highest BCUT2D eigenvalue weighted by Crippen LogP contribution is 2.11. The van der Waals surface area contributed by atoms with Crippen LogP contribution in [0.2, 0.25) is 5.02 Å². The average molecular weight is 373 g/mol. The van der Waals surface area contributed by atoms with Crippen molar-refractivity contribution in [3.05, 3.63) is 34.9 Å². The molecule has 1 aromatic rings. The molecule has 0 aromatic heterocycles. The fourth-order valence-corrected chi connectivity index (χ4v) is 2.16. The van der Waals surface area contributed by atoms with Crippen LogP contribution in [0.5, 0.6) is 0 Å². The first-order chi connectivity index (χ1) is 11.9. The van der Waals surface area contributed by atoms with Crippen molar-refractivity contribution < 1.29 is 23.8 Å². The zero-order chi connectivity index (χ0) is 18.7. The Morgan fingerprint density at radius 2 is 1.88 bits per heavy atom. The Bertz CT molecular complexity index is 538.